The third-order valence-corrected chi connectivity index (χ3v) is 3.60. The molecule has 1 N–H and O–H groups in total. The first kappa shape index (κ1) is 13.2. The summed E-state index contributed by atoms with van der Waals surface area (Å²) in [4.78, 5) is 12.2. The summed E-state index contributed by atoms with van der Waals surface area (Å²) in [5.74, 6) is 0. The lowest BCUT2D eigenvalue weighted by molar-refractivity contribution is 0.0777. The van der Waals surface area contributed by atoms with Gasteiger partial charge in [-0.15, -0.1) is 5.10 Å². The summed E-state index contributed by atoms with van der Waals surface area (Å²) in [5, 5.41) is 15.9. The van der Waals surface area contributed by atoms with Crippen LogP contribution in [0.1, 0.15) is 12.8 Å². The lowest BCUT2D eigenvalue weighted by Crippen LogP contribution is -2.38. The summed E-state index contributed by atoms with van der Waals surface area (Å²) < 4.78 is 8.24. The fraction of sp³-hybridized carbons (Fsp3) is 0.667. The van der Waals surface area contributed by atoms with Crippen LogP contribution in [-0.4, -0.2) is 50.6 Å². The average molecular weight is 278 g/mol. The van der Waals surface area contributed by atoms with E-state index in [1.165, 1.54) is 10.9 Å². The molecule has 0 atom stereocenters. The number of aryl methyl sites for hydroxylation is 1. The third kappa shape index (κ3) is 2.56. The molecule has 3 rings (SSSR count). The van der Waals surface area contributed by atoms with E-state index < -0.39 is 0 Å². The molecule has 3 heterocycles. The van der Waals surface area contributed by atoms with E-state index in [9.17, 15) is 4.79 Å². The van der Waals surface area contributed by atoms with E-state index in [4.69, 9.17) is 4.74 Å². The molecule has 0 amide bonds. The number of hydrogen-bond donors (Lipinski definition) is 1. The van der Waals surface area contributed by atoms with Crippen LogP contribution in [0.2, 0.25) is 0 Å². The highest BCUT2D eigenvalue weighted by Gasteiger charge is 2.13. The van der Waals surface area contributed by atoms with Gasteiger partial charge in [0.15, 0.2) is 5.65 Å². The highest BCUT2D eigenvalue weighted by molar-refractivity contribution is 5.72. The average Bonchev–Trinajstić information content (AvgIpc) is 2.85. The molecule has 1 fully saturated rings. The van der Waals surface area contributed by atoms with Gasteiger partial charge in [-0.25, -0.2) is 9.36 Å². The molecular weight excluding hydrogens is 260 g/mol. The number of ether oxygens (including phenoxy) is 1. The summed E-state index contributed by atoms with van der Waals surface area (Å²) in [7, 11) is 1.74. The van der Waals surface area contributed by atoms with Crippen LogP contribution >= 0.6 is 0 Å². The van der Waals surface area contributed by atoms with E-state index in [2.05, 4.69) is 20.7 Å². The van der Waals surface area contributed by atoms with Crippen molar-refractivity contribution in [3.05, 3.63) is 16.6 Å². The first-order valence-corrected chi connectivity index (χ1v) is 6.82. The Morgan fingerprint density at radius 3 is 3.05 bits per heavy atom. The molecule has 8 nitrogen and oxygen atoms in total. The van der Waals surface area contributed by atoms with Crippen LogP contribution < -0.4 is 10.9 Å². The molecule has 0 radical (unpaired) electrons. The van der Waals surface area contributed by atoms with E-state index in [0.717, 1.165) is 26.1 Å². The maximum Gasteiger partial charge on any atom is 0.280 e. The van der Waals surface area contributed by atoms with Gasteiger partial charge in [0, 0.05) is 32.8 Å². The quantitative estimate of drug-likeness (QED) is 0.795. The largest absolute Gasteiger partial charge is 0.381 e. The number of fused-ring (bicyclic) bond motifs is 1. The SMILES string of the molecule is Cn1ncc2c(=O)n(CCNC3CCOCC3)nnc21. The Morgan fingerprint density at radius 1 is 1.45 bits per heavy atom. The van der Waals surface area contributed by atoms with Crippen LogP contribution in [0.5, 0.6) is 0 Å². The van der Waals surface area contributed by atoms with Gasteiger partial charge in [0.1, 0.15) is 5.39 Å². The number of nitrogens with zero attached hydrogens (tertiary/aromatic N) is 5. The molecule has 0 unspecified atom stereocenters. The van der Waals surface area contributed by atoms with Crippen LogP contribution in [0.15, 0.2) is 11.0 Å². The van der Waals surface area contributed by atoms with Gasteiger partial charge >= 0.3 is 0 Å². The number of nitrogens with one attached hydrogen (secondary N) is 1. The Hall–Kier alpha value is -1.80. The molecule has 1 aliphatic heterocycles. The summed E-state index contributed by atoms with van der Waals surface area (Å²) >= 11 is 0. The van der Waals surface area contributed by atoms with Crippen molar-refractivity contribution in [2.75, 3.05) is 19.8 Å². The Bertz CT molecular complexity index is 643. The Balaban J connectivity index is 1.65. The monoisotopic (exact) mass is 278 g/mol. The minimum absolute atomic E-state index is 0.142. The topological polar surface area (TPSA) is 86.9 Å². The maximum atomic E-state index is 12.2. The normalized spacial score (nSPS) is 16.9. The zero-order valence-electron chi connectivity index (χ0n) is 11.4. The number of rotatable bonds is 4. The van der Waals surface area contributed by atoms with Crippen molar-refractivity contribution in [3.63, 3.8) is 0 Å². The van der Waals surface area contributed by atoms with Gasteiger partial charge in [0.25, 0.3) is 5.56 Å². The lowest BCUT2D eigenvalue weighted by atomic mass is 10.1. The van der Waals surface area contributed by atoms with Crippen molar-refractivity contribution in [3.8, 4) is 0 Å². The predicted octanol–water partition coefficient (Wildman–Crippen LogP) is -0.706. The van der Waals surface area contributed by atoms with Crippen LogP contribution in [0, 0.1) is 0 Å². The Morgan fingerprint density at radius 2 is 2.25 bits per heavy atom. The van der Waals surface area contributed by atoms with Gasteiger partial charge in [-0.05, 0) is 12.8 Å². The first-order valence-electron chi connectivity index (χ1n) is 6.82. The number of hydrogen-bond acceptors (Lipinski definition) is 6. The molecular formula is C12H18N6O2. The van der Waals surface area contributed by atoms with Gasteiger partial charge in [0.05, 0.1) is 12.7 Å². The first-order chi connectivity index (χ1) is 9.75. The summed E-state index contributed by atoms with van der Waals surface area (Å²) in [5.41, 5.74) is 0.375. The van der Waals surface area contributed by atoms with Gasteiger partial charge < -0.3 is 10.1 Å². The molecule has 8 heteroatoms. The summed E-state index contributed by atoms with van der Waals surface area (Å²) in [6.07, 6.45) is 3.57. The predicted molar refractivity (Wildman–Crippen MR) is 72.4 cm³/mol. The van der Waals surface area contributed by atoms with Crippen LogP contribution in [0.3, 0.4) is 0 Å². The van der Waals surface area contributed by atoms with Crippen molar-refractivity contribution in [1.82, 2.24) is 30.1 Å². The molecule has 1 saturated heterocycles. The molecule has 20 heavy (non-hydrogen) atoms. The van der Waals surface area contributed by atoms with Crippen molar-refractivity contribution in [1.29, 1.82) is 0 Å². The van der Waals surface area contributed by atoms with Crippen LogP contribution in [0.4, 0.5) is 0 Å². The van der Waals surface area contributed by atoms with Gasteiger partial charge in [-0.1, -0.05) is 5.21 Å². The molecule has 0 aliphatic carbocycles. The second-order valence-electron chi connectivity index (χ2n) is 4.96. The summed E-state index contributed by atoms with van der Waals surface area (Å²) in [6.45, 7) is 2.82. The molecule has 0 bridgehead atoms. The van der Waals surface area contributed by atoms with Gasteiger partial charge in [-0.2, -0.15) is 5.10 Å². The van der Waals surface area contributed by atoms with E-state index in [0.29, 0.717) is 30.2 Å². The molecule has 2 aromatic heterocycles. The standard InChI is InChI=1S/C12H18N6O2/c1-17-11-10(8-14-17)12(19)18(16-15-11)5-4-13-9-2-6-20-7-3-9/h8-9,13H,2-7H2,1H3. The van der Waals surface area contributed by atoms with E-state index in [-0.39, 0.29) is 5.56 Å². The second kappa shape index (κ2) is 5.68. The smallest absolute Gasteiger partial charge is 0.280 e. The highest BCUT2D eigenvalue weighted by atomic mass is 16.5. The Labute approximate surface area is 115 Å². The molecule has 0 saturated carbocycles. The fourth-order valence-corrected chi connectivity index (χ4v) is 2.40. The number of aromatic nitrogens is 5. The van der Waals surface area contributed by atoms with Crippen molar-refractivity contribution in [2.24, 2.45) is 7.05 Å². The van der Waals surface area contributed by atoms with Gasteiger partial charge in [0.2, 0.25) is 0 Å². The van der Waals surface area contributed by atoms with E-state index >= 15 is 0 Å². The second-order valence-corrected chi connectivity index (χ2v) is 4.96. The third-order valence-electron chi connectivity index (χ3n) is 3.60. The van der Waals surface area contributed by atoms with Crippen molar-refractivity contribution in [2.45, 2.75) is 25.4 Å². The van der Waals surface area contributed by atoms with Crippen LogP contribution in [-0.2, 0) is 18.3 Å². The van der Waals surface area contributed by atoms with E-state index in [1.54, 1.807) is 11.7 Å². The zero-order valence-corrected chi connectivity index (χ0v) is 11.4. The van der Waals surface area contributed by atoms with Crippen molar-refractivity contribution < 1.29 is 4.74 Å². The molecule has 0 spiro atoms. The highest BCUT2D eigenvalue weighted by Crippen LogP contribution is 2.05. The molecule has 0 aromatic carbocycles. The lowest BCUT2D eigenvalue weighted by Gasteiger charge is -2.23. The maximum absolute atomic E-state index is 12.2. The summed E-state index contributed by atoms with van der Waals surface area (Å²) in [6, 6.07) is 0.467. The fourth-order valence-electron chi connectivity index (χ4n) is 2.40. The van der Waals surface area contributed by atoms with Crippen LogP contribution in [0.25, 0.3) is 11.0 Å². The molecule has 2 aromatic rings. The minimum atomic E-state index is -0.142. The van der Waals surface area contributed by atoms with Gasteiger partial charge in [-0.3, -0.25) is 4.79 Å². The zero-order chi connectivity index (χ0) is 13.9. The molecule has 108 valence electrons. The van der Waals surface area contributed by atoms with Crippen molar-refractivity contribution >= 4 is 11.0 Å². The Kier molecular flexibility index (Phi) is 3.75. The minimum Gasteiger partial charge on any atom is -0.381 e. The molecule has 1 aliphatic rings. The van der Waals surface area contributed by atoms with E-state index in [1.807, 2.05) is 0 Å².